The van der Waals surface area contributed by atoms with Crippen LogP contribution in [-0.4, -0.2) is 35.9 Å². The summed E-state index contributed by atoms with van der Waals surface area (Å²) in [5.41, 5.74) is 1.26. The van der Waals surface area contributed by atoms with Gasteiger partial charge in [-0.1, -0.05) is 55.3 Å². The van der Waals surface area contributed by atoms with E-state index in [1.165, 1.54) is 29.2 Å². The minimum absolute atomic E-state index is 0.0648. The zero-order chi connectivity index (χ0) is 17.2. The molecule has 1 aliphatic heterocycles. The summed E-state index contributed by atoms with van der Waals surface area (Å²) in [5.74, 6) is 0.381. The van der Waals surface area contributed by atoms with Crippen LogP contribution in [0.5, 0.6) is 0 Å². The van der Waals surface area contributed by atoms with Crippen molar-refractivity contribution >= 4 is 16.6 Å². The van der Waals surface area contributed by atoms with Crippen LogP contribution in [0.25, 0.3) is 10.8 Å². The molecule has 132 valence electrons. The Morgan fingerprint density at radius 2 is 1.88 bits per heavy atom. The first-order valence-corrected chi connectivity index (χ1v) is 9.61. The Hall–Kier alpha value is -1.71. The highest BCUT2D eigenvalue weighted by Crippen LogP contribution is 2.33. The molecule has 1 heterocycles. The molecule has 1 saturated heterocycles. The molecule has 1 aliphatic carbocycles. The molecular formula is C22H27NO2. The van der Waals surface area contributed by atoms with E-state index in [-0.39, 0.29) is 12.2 Å². The van der Waals surface area contributed by atoms with Crippen LogP contribution in [0.3, 0.4) is 0 Å². The second-order valence-electron chi connectivity index (χ2n) is 7.50. The van der Waals surface area contributed by atoms with Crippen LogP contribution in [0.15, 0.2) is 42.5 Å². The Balaban J connectivity index is 1.53. The fraction of sp³-hybridized carbons (Fsp3) is 0.500. The number of ether oxygens (including phenoxy) is 1. The third-order valence-electron chi connectivity index (χ3n) is 5.83. The Bertz CT molecular complexity index is 751. The molecule has 2 fully saturated rings. The Morgan fingerprint density at radius 1 is 1.08 bits per heavy atom. The molecule has 3 atom stereocenters. The smallest absolute Gasteiger partial charge is 0.148 e. The molecule has 1 saturated carbocycles. The number of hydrogen-bond donors (Lipinski definition) is 0. The maximum Gasteiger partial charge on any atom is 0.148 e. The predicted molar refractivity (Wildman–Crippen MR) is 101 cm³/mol. The van der Waals surface area contributed by atoms with Gasteiger partial charge >= 0.3 is 0 Å². The van der Waals surface area contributed by atoms with Crippen LogP contribution in [-0.2, 0) is 9.53 Å². The normalized spacial score (nSPS) is 26.2. The number of Topliss-reactive ketones (excluding diaryl/α,β-unsaturated/α-hetero) is 1. The van der Waals surface area contributed by atoms with E-state index in [1.54, 1.807) is 0 Å². The van der Waals surface area contributed by atoms with Crippen LogP contribution in [0.4, 0.5) is 0 Å². The molecule has 2 aromatic carbocycles. The number of carbonyl (C=O) groups excluding carboxylic acids is 1. The number of nitrogens with zero attached hydrogens (tertiary/aromatic N) is 1. The molecule has 2 aromatic rings. The van der Waals surface area contributed by atoms with Gasteiger partial charge < -0.3 is 4.74 Å². The summed E-state index contributed by atoms with van der Waals surface area (Å²) in [4.78, 5) is 14.1. The number of benzene rings is 2. The lowest BCUT2D eigenvalue weighted by Crippen LogP contribution is -2.46. The molecule has 4 rings (SSSR count). The van der Waals surface area contributed by atoms with Gasteiger partial charge in [0.1, 0.15) is 5.78 Å². The molecule has 0 bridgehead atoms. The summed E-state index contributed by atoms with van der Waals surface area (Å²) < 4.78 is 6.59. The van der Waals surface area contributed by atoms with E-state index in [9.17, 15) is 4.79 Å². The zero-order valence-corrected chi connectivity index (χ0v) is 15.0. The lowest BCUT2D eigenvalue weighted by Gasteiger charge is -2.38. The fourth-order valence-electron chi connectivity index (χ4n) is 4.53. The van der Waals surface area contributed by atoms with Crippen molar-refractivity contribution in [3.63, 3.8) is 0 Å². The monoisotopic (exact) mass is 337 g/mol. The van der Waals surface area contributed by atoms with Gasteiger partial charge in [0.15, 0.2) is 0 Å². The van der Waals surface area contributed by atoms with E-state index in [0.717, 1.165) is 19.4 Å². The number of ketones is 1. The predicted octanol–water partition coefficient (Wildman–Crippen LogP) is 4.50. The van der Waals surface area contributed by atoms with Gasteiger partial charge in [0.05, 0.1) is 18.8 Å². The highest BCUT2D eigenvalue weighted by molar-refractivity contribution is 5.86. The van der Waals surface area contributed by atoms with Gasteiger partial charge in [-0.25, -0.2) is 0 Å². The highest BCUT2D eigenvalue weighted by atomic mass is 16.5. The van der Waals surface area contributed by atoms with Crippen molar-refractivity contribution in [1.82, 2.24) is 4.90 Å². The van der Waals surface area contributed by atoms with Gasteiger partial charge in [0, 0.05) is 19.0 Å². The van der Waals surface area contributed by atoms with Crippen molar-refractivity contribution in [2.45, 2.75) is 57.3 Å². The largest absolute Gasteiger partial charge is 0.369 e. The number of fused-ring (bicyclic) bond motifs is 1. The second kappa shape index (κ2) is 7.27. The quantitative estimate of drug-likeness (QED) is 0.822. The molecule has 0 N–H and O–H groups in total. The Morgan fingerprint density at radius 3 is 2.72 bits per heavy atom. The lowest BCUT2D eigenvalue weighted by atomic mass is 9.91. The number of carbonyl (C=O) groups is 1. The SMILES string of the molecule is CC(O[C@@H]1CCCC[C@@H]1N1CCC(=O)C1)c1cccc2ccccc12. The first kappa shape index (κ1) is 16.7. The summed E-state index contributed by atoms with van der Waals surface area (Å²) >= 11 is 0. The van der Waals surface area contributed by atoms with Crippen LogP contribution in [0, 0.1) is 0 Å². The fourth-order valence-corrected chi connectivity index (χ4v) is 4.53. The van der Waals surface area contributed by atoms with Gasteiger partial charge in [-0.2, -0.15) is 0 Å². The molecule has 0 radical (unpaired) electrons. The van der Waals surface area contributed by atoms with Gasteiger partial charge in [-0.3, -0.25) is 9.69 Å². The topological polar surface area (TPSA) is 29.5 Å². The van der Waals surface area contributed by atoms with Crippen LogP contribution in [0.1, 0.15) is 50.7 Å². The molecular weight excluding hydrogens is 310 g/mol. The van der Waals surface area contributed by atoms with E-state index in [4.69, 9.17) is 4.74 Å². The van der Waals surface area contributed by atoms with E-state index in [0.29, 0.717) is 24.8 Å². The third-order valence-corrected chi connectivity index (χ3v) is 5.83. The van der Waals surface area contributed by atoms with Gasteiger partial charge in [0.2, 0.25) is 0 Å². The lowest BCUT2D eigenvalue weighted by molar-refractivity contribution is -0.117. The van der Waals surface area contributed by atoms with E-state index < -0.39 is 0 Å². The summed E-state index contributed by atoms with van der Waals surface area (Å²) in [5, 5.41) is 2.54. The summed E-state index contributed by atoms with van der Waals surface area (Å²) in [7, 11) is 0. The summed E-state index contributed by atoms with van der Waals surface area (Å²) in [6, 6.07) is 15.4. The maximum atomic E-state index is 11.7. The van der Waals surface area contributed by atoms with Gasteiger partial charge in [-0.15, -0.1) is 0 Å². The van der Waals surface area contributed by atoms with Crippen molar-refractivity contribution in [1.29, 1.82) is 0 Å². The van der Waals surface area contributed by atoms with Gasteiger partial charge in [-0.05, 0) is 36.1 Å². The van der Waals surface area contributed by atoms with E-state index in [1.807, 2.05) is 0 Å². The van der Waals surface area contributed by atoms with Crippen molar-refractivity contribution < 1.29 is 9.53 Å². The first-order valence-electron chi connectivity index (χ1n) is 9.61. The van der Waals surface area contributed by atoms with Crippen LogP contribution < -0.4 is 0 Å². The standard InChI is InChI=1S/C22H27NO2/c1-16(19-10-6-8-17-7-2-3-9-20(17)19)25-22-12-5-4-11-21(22)23-14-13-18(24)15-23/h2-3,6-10,16,21-22H,4-5,11-15H2,1H3/t16?,21-,22+/m0/s1. The summed E-state index contributed by atoms with van der Waals surface area (Å²) in [6.45, 7) is 3.70. The highest BCUT2D eigenvalue weighted by Gasteiger charge is 2.35. The molecule has 2 aliphatic rings. The number of hydrogen-bond acceptors (Lipinski definition) is 3. The molecule has 0 spiro atoms. The molecule has 3 heteroatoms. The third kappa shape index (κ3) is 3.49. The van der Waals surface area contributed by atoms with Crippen molar-refractivity contribution in [2.75, 3.05) is 13.1 Å². The Kier molecular flexibility index (Phi) is 4.87. The Labute approximate surface area is 150 Å². The first-order chi connectivity index (χ1) is 12.2. The molecule has 1 unspecified atom stereocenters. The van der Waals surface area contributed by atoms with E-state index in [2.05, 4.69) is 54.3 Å². The molecule has 3 nitrogen and oxygen atoms in total. The number of likely N-dealkylation sites (tertiary alicyclic amines) is 1. The average Bonchev–Trinajstić information content (AvgIpc) is 3.08. The molecule has 0 amide bonds. The van der Waals surface area contributed by atoms with Crippen molar-refractivity contribution in [2.24, 2.45) is 0 Å². The van der Waals surface area contributed by atoms with Crippen molar-refractivity contribution in [3.05, 3.63) is 48.0 Å². The van der Waals surface area contributed by atoms with Crippen LogP contribution >= 0.6 is 0 Å². The summed E-state index contributed by atoms with van der Waals surface area (Å²) in [6.07, 6.45) is 5.74. The van der Waals surface area contributed by atoms with Crippen LogP contribution in [0.2, 0.25) is 0 Å². The minimum atomic E-state index is 0.0648. The average molecular weight is 337 g/mol. The van der Waals surface area contributed by atoms with Gasteiger partial charge in [0.25, 0.3) is 0 Å². The minimum Gasteiger partial charge on any atom is -0.369 e. The molecule has 25 heavy (non-hydrogen) atoms. The zero-order valence-electron chi connectivity index (χ0n) is 15.0. The molecule has 0 aromatic heterocycles. The number of rotatable bonds is 4. The maximum absolute atomic E-state index is 11.7. The van der Waals surface area contributed by atoms with E-state index >= 15 is 0 Å². The van der Waals surface area contributed by atoms with Crippen molar-refractivity contribution in [3.8, 4) is 0 Å². The second-order valence-corrected chi connectivity index (χ2v) is 7.50.